The second-order valence-corrected chi connectivity index (χ2v) is 4.18. The fraction of sp³-hybridized carbons (Fsp3) is 0.0714. The number of aromatic nitrogens is 1. The number of hydrogen-bond acceptors (Lipinski definition) is 3. The van der Waals surface area contributed by atoms with E-state index in [2.05, 4.69) is 4.98 Å². The zero-order valence-electron chi connectivity index (χ0n) is 10.4. The maximum Gasteiger partial charge on any atom is 0.337 e. The molecule has 0 fully saturated rings. The van der Waals surface area contributed by atoms with E-state index in [4.69, 9.17) is 10.4 Å². The quantitative estimate of drug-likeness (QED) is 0.874. The molecule has 20 heavy (non-hydrogen) atoms. The van der Waals surface area contributed by atoms with Crippen molar-refractivity contribution >= 4 is 5.97 Å². The van der Waals surface area contributed by atoms with Crippen molar-refractivity contribution in [2.24, 2.45) is 0 Å². The molecule has 0 atom stereocenters. The molecule has 0 amide bonds. The van der Waals surface area contributed by atoms with Crippen molar-refractivity contribution in [3.8, 4) is 17.3 Å². The van der Waals surface area contributed by atoms with E-state index in [1.54, 1.807) is 6.07 Å². The normalized spacial score (nSPS) is 10.1. The van der Waals surface area contributed by atoms with E-state index in [0.29, 0.717) is 11.1 Å². The van der Waals surface area contributed by atoms with Crippen LogP contribution in [0.2, 0.25) is 0 Å². The van der Waals surface area contributed by atoms with Crippen LogP contribution in [0.1, 0.15) is 21.5 Å². The van der Waals surface area contributed by atoms with Crippen molar-refractivity contribution in [1.29, 1.82) is 5.26 Å². The molecule has 0 bridgehead atoms. The van der Waals surface area contributed by atoms with Crippen LogP contribution in [-0.2, 0) is 0 Å². The van der Waals surface area contributed by atoms with Crippen molar-refractivity contribution in [3.63, 3.8) is 0 Å². The number of hydrogen-bond donors (Lipinski definition) is 2. The zero-order valence-corrected chi connectivity index (χ0v) is 10.4. The van der Waals surface area contributed by atoms with Crippen molar-refractivity contribution in [3.05, 3.63) is 57.1 Å². The van der Waals surface area contributed by atoms with Gasteiger partial charge in [-0.15, -0.1) is 0 Å². The Hall–Kier alpha value is -2.94. The number of nitrogens with zero attached hydrogens (tertiary/aromatic N) is 1. The van der Waals surface area contributed by atoms with Crippen molar-refractivity contribution < 1.29 is 14.3 Å². The number of benzene rings is 1. The lowest BCUT2D eigenvalue weighted by Gasteiger charge is -2.08. The molecular formula is C14H9FN2O3. The summed E-state index contributed by atoms with van der Waals surface area (Å²) >= 11 is 0. The highest BCUT2D eigenvalue weighted by atomic mass is 19.1. The minimum absolute atomic E-state index is 0.0459. The first kappa shape index (κ1) is 13.5. The van der Waals surface area contributed by atoms with Crippen LogP contribution in [-0.4, -0.2) is 16.1 Å². The second-order valence-electron chi connectivity index (χ2n) is 4.18. The van der Waals surface area contributed by atoms with Crippen LogP contribution in [0.5, 0.6) is 0 Å². The number of aryl methyl sites for hydroxylation is 1. The van der Waals surface area contributed by atoms with Gasteiger partial charge in [0.25, 0.3) is 5.56 Å². The van der Waals surface area contributed by atoms with Crippen LogP contribution in [0.25, 0.3) is 11.3 Å². The number of H-pyrrole nitrogens is 1. The molecule has 0 unspecified atom stereocenters. The first-order valence-corrected chi connectivity index (χ1v) is 5.61. The molecule has 0 spiro atoms. The van der Waals surface area contributed by atoms with E-state index in [-0.39, 0.29) is 16.8 Å². The Morgan fingerprint density at radius 2 is 2.10 bits per heavy atom. The number of carboxylic acids is 1. The van der Waals surface area contributed by atoms with E-state index in [1.165, 1.54) is 25.1 Å². The monoisotopic (exact) mass is 272 g/mol. The summed E-state index contributed by atoms with van der Waals surface area (Å²) in [6.45, 7) is 1.53. The third kappa shape index (κ3) is 2.29. The lowest BCUT2D eigenvalue weighted by Crippen LogP contribution is -2.15. The van der Waals surface area contributed by atoms with Gasteiger partial charge in [0.1, 0.15) is 17.4 Å². The molecule has 2 N–H and O–H groups in total. The maximum absolute atomic E-state index is 13.2. The second kappa shape index (κ2) is 4.97. The van der Waals surface area contributed by atoms with Crippen molar-refractivity contribution in [2.75, 3.05) is 0 Å². The minimum Gasteiger partial charge on any atom is -0.478 e. The van der Waals surface area contributed by atoms with Crippen LogP contribution < -0.4 is 5.56 Å². The Balaban J connectivity index is 2.76. The van der Waals surface area contributed by atoms with Gasteiger partial charge in [0, 0.05) is 0 Å². The fourth-order valence-electron chi connectivity index (χ4n) is 1.81. The molecule has 0 aliphatic carbocycles. The number of carboxylic acid groups (broad SMARTS) is 1. The predicted octanol–water partition coefficient (Wildman–Crippen LogP) is 2.06. The van der Waals surface area contributed by atoms with E-state index in [1.807, 2.05) is 0 Å². The van der Waals surface area contributed by atoms with Crippen LogP contribution in [0.15, 0.2) is 29.1 Å². The van der Waals surface area contributed by atoms with Gasteiger partial charge in [-0.05, 0) is 42.3 Å². The molecule has 2 rings (SSSR count). The first-order chi connectivity index (χ1) is 9.43. The summed E-state index contributed by atoms with van der Waals surface area (Å²) in [7, 11) is 0. The van der Waals surface area contributed by atoms with E-state index in [0.717, 1.165) is 6.07 Å². The first-order valence-electron chi connectivity index (χ1n) is 5.61. The molecule has 0 radical (unpaired) electrons. The molecule has 1 aromatic heterocycles. The molecule has 0 saturated heterocycles. The Kier molecular flexibility index (Phi) is 3.36. The molecule has 1 heterocycles. The zero-order chi connectivity index (χ0) is 14.9. The Morgan fingerprint density at radius 3 is 2.65 bits per heavy atom. The summed E-state index contributed by atoms with van der Waals surface area (Å²) in [4.78, 5) is 25.2. The average Bonchev–Trinajstić information content (AvgIpc) is 2.41. The molecule has 0 saturated carbocycles. The van der Waals surface area contributed by atoms with Crippen molar-refractivity contribution in [2.45, 2.75) is 6.92 Å². The molecule has 0 aliphatic rings. The third-order valence-corrected chi connectivity index (χ3v) is 2.84. The topological polar surface area (TPSA) is 94.0 Å². The van der Waals surface area contributed by atoms with Crippen LogP contribution in [0, 0.1) is 24.1 Å². The van der Waals surface area contributed by atoms with Gasteiger partial charge in [0.2, 0.25) is 0 Å². The lowest BCUT2D eigenvalue weighted by atomic mass is 10.0. The summed E-state index contributed by atoms with van der Waals surface area (Å²) < 4.78 is 13.2. The third-order valence-electron chi connectivity index (χ3n) is 2.84. The van der Waals surface area contributed by atoms with Crippen LogP contribution in [0.3, 0.4) is 0 Å². The summed E-state index contributed by atoms with van der Waals surface area (Å²) in [5.74, 6) is -1.71. The number of carbonyl (C=O) groups is 1. The molecule has 2 aromatic rings. The molecule has 0 aliphatic heterocycles. The average molecular weight is 272 g/mol. The summed E-state index contributed by atoms with van der Waals surface area (Å²) in [5, 5.41) is 17.9. The number of aromatic amines is 1. The highest BCUT2D eigenvalue weighted by molar-refractivity contribution is 5.95. The summed E-state index contributed by atoms with van der Waals surface area (Å²) in [6, 6.07) is 6.62. The van der Waals surface area contributed by atoms with E-state index < -0.39 is 17.3 Å². The molecule has 6 heteroatoms. The van der Waals surface area contributed by atoms with Crippen LogP contribution >= 0.6 is 0 Å². The highest BCUT2D eigenvalue weighted by Crippen LogP contribution is 2.23. The maximum atomic E-state index is 13.2. The smallest absolute Gasteiger partial charge is 0.337 e. The molecule has 5 nitrogen and oxygen atoms in total. The van der Waals surface area contributed by atoms with Gasteiger partial charge in [-0.25, -0.2) is 9.18 Å². The van der Waals surface area contributed by atoms with E-state index in [9.17, 15) is 14.0 Å². The Morgan fingerprint density at radius 1 is 1.40 bits per heavy atom. The number of rotatable bonds is 2. The molecule has 100 valence electrons. The Bertz CT molecular complexity index is 803. The van der Waals surface area contributed by atoms with Gasteiger partial charge < -0.3 is 10.1 Å². The number of nitriles is 1. The van der Waals surface area contributed by atoms with Gasteiger partial charge in [0.15, 0.2) is 0 Å². The van der Waals surface area contributed by atoms with Gasteiger partial charge in [-0.1, -0.05) is 0 Å². The fourth-order valence-corrected chi connectivity index (χ4v) is 1.81. The number of halogens is 1. The Labute approximate surface area is 112 Å². The summed E-state index contributed by atoms with van der Waals surface area (Å²) in [5.41, 5.74) is -0.455. The number of pyridine rings is 1. The van der Waals surface area contributed by atoms with Crippen LogP contribution in [0.4, 0.5) is 4.39 Å². The summed E-state index contributed by atoms with van der Waals surface area (Å²) in [6.07, 6.45) is 0. The lowest BCUT2D eigenvalue weighted by molar-refractivity contribution is 0.0697. The van der Waals surface area contributed by atoms with Gasteiger partial charge in [0.05, 0.1) is 11.3 Å². The minimum atomic E-state index is -1.28. The number of aromatic carboxylic acids is 1. The van der Waals surface area contributed by atoms with Crippen molar-refractivity contribution in [1.82, 2.24) is 4.98 Å². The standard InChI is InChI=1S/C14H9FN2O3/c1-7-4-8(2-3-11(7)15)12-10(14(19)20)5-9(6-16)13(18)17-12/h2-5H,1H3,(H,17,18)(H,19,20). The van der Waals surface area contributed by atoms with E-state index >= 15 is 0 Å². The molecule has 1 aromatic carbocycles. The predicted molar refractivity (Wildman–Crippen MR) is 68.9 cm³/mol. The number of nitrogens with one attached hydrogen (secondary N) is 1. The van der Waals surface area contributed by atoms with Gasteiger partial charge in [-0.3, -0.25) is 4.79 Å². The largest absolute Gasteiger partial charge is 0.478 e. The molecular weight excluding hydrogens is 263 g/mol. The van der Waals surface area contributed by atoms with Gasteiger partial charge >= 0.3 is 5.97 Å². The SMILES string of the molecule is Cc1cc(-c2[nH]c(=O)c(C#N)cc2C(=O)O)ccc1F. The van der Waals surface area contributed by atoms with Gasteiger partial charge in [-0.2, -0.15) is 5.26 Å². The highest BCUT2D eigenvalue weighted by Gasteiger charge is 2.16.